The highest BCUT2D eigenvalue weighted by atomic mass is 16.5. The molecular formula is C23H31NO3. The standard InChI is InChI=1S/C23H31NO3/c1-2-26-23(25)24-16-14-20(15-17-24)9-8-19-10-12-22(13-11-19)27-18-21-6-4-3-5-7-21/h2,8-13,20-21H,1,3-7,14-18H2. The second-order valence-corrected chi connectivity index (χ2v) is 7.62. The fourth-order valence-electron chi connectivity index (χ4n) is 3.91. The van der Waals surface area contributed by atoms with E-state index in [2.05, 4.69) is 43.0 Å². The number of nitrogens with zero attached hydrogens (tertiary/aromatic N) is 1. The molecule has 0 unspecified atom stereocenters. The summed E-state index contributed by atoms with van der Waals surface area (Å²) in [7, 11) is 0. The smallest absolute Gasteiger partial charge is 0.414 e. The molecule has 1 heterocycles. The lowest BCUT2D eigenvalue weighted by Crippen LogP contribution is -2.37. The van der Waals surface area contributed by atoms with Gasteiger partial charge < -0.3 is 14.4 Å². The van der Waals surface area contributed by atoms with Crippen LogP contribution in [0, 0.1) is 11.8 Å². The second-order valence-electron chi connectivity index (χ2n) is 7.62. The third-order valence-corrected chi connectivity index (χ3v) is 5.63. The molecule has 0 radical (unpaired) electrons. The van der Waals surface area contributed by atoms with Gasteiger partial charge in [-0.3, -0.25) is 0 Å². The van der Waals surface area contributed by atoms with Crippen LogP contribution in [0.4, 0.5) is 4.79 Å². The lowest BCUT2D eigenvalue weighted by Gasteiger charge is -2.29. The van der Waals surface area contributed by atoms with Crippen LogP contribution in [0.5, 0.6) is 5.75 Å². The molecule has 1 aromatic rings. The summed E-state index contributed by atoms with van der Waals surface area (Å²) in [4.78, 5) is 13.4. The van der Waals surface area contributed by atoms with Gasteiger partial charge in [0.05, 0.1) is 12.9 Å². The SMILES string of the molecule is C=COC(=O)N1CCC(C=Cc2ccc(OCC3CCCCC3)cc2)CC1. The quantitative estimate of drug-likeness (QED) is 0.608. The number of carbonyl (C=O) groups is 1. The number of rotatable bonds is 6. The first-order valence-electron chi connectivity index (χ1n) is 10.2. The number of hydrogen-bond acceptors (Lipinski definition) is 3. The Morgan fingerprint density at radius 2 is 1.78 bits per heavy atom. The molecule has 0 aromatic heterocycles. The molecule has 1 amide bonds. The molecular weight excluding hydrogens is 338 g/mol. The van der Waals surface area contributed by atoms with Crippen LogP contribution in [0.2, 0.25) is 0 Å². The van der Waals surface area contributed by atoms with Crippen LogP contribution in [0.15, 0.2) is 43.2 Å². The van der Waals surface area contributed by atoms with Gasteiger partial charge in [0.2, 0.25) is 0 Å². The van der Waals surface area contributed by atoms with Crippen LogP contribution in [-0.4, -0.2) is 30.7 Å². The Hall–Kier alpha value is -2.23. The number of benzene rings is 1. The van der Waals surface area contributed by atoms with E-state index in [1.165, 1.54) is 43.9 Å². The minimum absolute atomic E-state index is 0.295. The van der Waals surface area contributed by atoms with E-state index in [1.54, 1.807) is 4.90 Å². The Bertz CT molecular complexity index is 624. The normalized spacial score (nSPS) is 19.2. The maximum absolute atomic E-state index is 11.7. The van der Waals surface area contributed by atoms with Gasteiger partial charge in [-0.25, -0.2) is 4.79 Å². The van der Waals surface area contributed by atoms with Gasteiger partial charge in [-0.05, 0) is 55.2 Å². The molecule has 1 aliphatic heterocycles. The Labute approximate surface area is 162 Å². The Morgan fingerprint density at radius 3 is 2.44 bits per heavy atom. The lowest BCUT2D eigenvalue weighted by atomic mass is 9.90. The molecule has 4 nitrogen and oxygen atoms in total. The van der Waals surface area contributed by atoms with E-state index in [1.807, 2.05) is 0 Å². The Kier molecular flexibility index (Phi) is 7.37. The number of piperidine rings is 1. The summed E-state index contributed by atoms with van der Waals surface area (Å²) < 4.78 is 10.8. The summed E-state index contributed by atoms with van der Waals surface area (Å²) >= 11 is 0. The highest BCUT2D eigenvalue weighted by Crippen LogP contribution is 2.25. The average Bonchev–Trinajstić information content (AvgIpc) is 2.73. The predicted octanol–water partition coefficient (Wildman–Crippen LogP) is 5.65. The molecule has 2 fully saturated rings. The molecule has 1 aromatic carbocycles. The number of amides is 1. The summed E-state index contributed by atoms with van der Waals surface area (Å²) in [5, 5.41) is 0. The van der Waals surface area contributed by atoms with E-state index in [-0.39, 0.29) is 6.09 Å². The highest BCUT2D eigenvalue weighted by Gasteiger charge is 2.21. The molecule has 0 spiro atoms. The minimum Gasteiger partial charge on any atom is -0.493 e. The van der Waals surface area contributed by atoms with Crippen molar-refractivity contribution in [3.63, 3.8) is 0 Å². The van der Waals surface area contributed by atoms with E-state index in [9.17, 15) is 4.79 Å². The van der Waals surface area contributed by atoms with Gasteiger partial charge in [-0.1, -0.05) is 50.1 Å². The fraction of sp³-hybridized carbons (Fsp3) is 0.522. The fourth-order valence-corrected chi connectivity index (χ4v) is 3.91. The summed E-state index contributed by atoms with van der Waals surface area (Å²) in [5.41, 5.74) is 1.19. The molecule has 4 heteroatoms. The zero-order valence-electron chi connectivity index (χ0n) is 16.1. The average molecular weight is 370 g/mol. The summed E-state index contributed by atoms with van der Waals surface area (Å²) in [5.74, 6) is 2.19. The Morgan fingerprint density at radius 1 is 1.07 bits per heavy atom. The summed E-state index contributed by atoms with van der Waals surface area (Å²) in [6, 6.07) is 8.36. The van der Waals surface area contributed by atoms with Gasteiger partial charge in [-0.2, -0.15) is 0 Å². The molecule has 1 aliphatic carbocycles. The van der Waals surface area contributed by atoms with Crippen molar-refractivity contribution in [2.45, 2.75) is 44.9 Å². The number of allylic oxidation sites excluding steroid dienone is 1. The van der Waals surface area contributed by atoms with Crippen LogP contribution < -0.4 is 4.74 Å². The molecule has 1 saturated carbocycles. The molecule has 2 aliphatic rings. The van der Waals surface area contributed by atoms with E-state index < -0.39 is 0 Å². The third-order valence-electron chi connectivity index (χ3n) is 5.63. The summed E-state index contributed by atoms with van der Waals surface area (Å²) in [6.07, 6.45) is 14.0. The van der Waals surface area contributed by atoms with Crippen molar-refractivity contribution in [1.29, 1.82) is 0 Å². The first-order valence-corrected chi connectivity index (χ1v) is 10.2. The van der Waals surface area contributed by atoms with Gasteiger partial charge in [0.25, 0.3) is 0 Å². The Balaban J connectivity index is 1.41. The zero-order chi connectivity index (χ0) is 18.9. The maximum atomic E-state index is 11.7. The molecule has 1 saturated heterocycles. The van der Waals surface area contributed by atoms with Gasteiger partial charge >= 0.3 is 6.09 Å². The first kappa shape index (κ1) is 19.5. The second kappa shape index (κ2) is 10.2. The largest absolute Gasteiger partial charge is 0.493 e. The van der Waals surface area contributed by atoms with Gasteiger partial charge in [0, 0.05) is 13.1 Å². The van der Waals surface area contributed by atoms with Crippen LogP contribution in [0.3, 0.4) is 0 Å². The van der Waals surface area contributed by atoms with Crippen molar-refractivity contribution in [2.75, 3.05) is 19.7 Å². The van der Waals surface area contributed by atoms with E-state index >= 15 is 0 Å². The van der Waals surface area contributed by atoms with Gasteiger partial charge in [-0.15, -0.1) is 0 Å². The highest BCUT2D eigenvalue weighted by molar-refractivity contribution is 5.68. The topological polar surface area (TPSA) is 38.8 Å². The molecule has 27 heavy (non-hydrogen) atoms. The molecule has 3 rings (SSSR count). The number of ether oxygens (including phenoxy) is 2. The lowest BCUT2D eigenvalue weighted by molar-refractivity contribution is 0.122. The van der Waals surface area contributed by atoms with Crippen LogP contribution in [-0.2, 0) is 4.74 Å². The zero-order valence-corrected chi connectivity index (χ0v) is 16.1. The first-order chi connectivity index (χ1) is 13.2. The van der Waals surface area contributed by atoms with E-state index in [4.69, 9.17) is 9.47 Å². The van der Waals surface area contributed by atoms with Crippen LogP contribution >= 0.6 is 0 Å². The molecule has 0 bridgehead atoms. The maximum Gasteiger partial charge on any atom is 0.414 e. The van der Waals surface area contributed by atoms with Gasteiger partial charge in [0.15, 0.2) is 0 Å². The van der Waals surface area contributed by atoms with Crippen LogP contribution in [0.25, 0.3) is 6.08 Å². The van der Waals surface area contributed by atoms with Gasteiger partial charge in [0.1, 0.15) is 5.75 Å². The number of likely N-dealkylation sites (tertiary alicyclic amines) is 1. The predicted molar refractivity (Wildman–Crippen MR) is 109 cm³/mol. The number of carbonyl (C=O) groups excluding carboxylic acids is 1. The van der Waals surface area contributed by atoms with Crippen molar-refractivity contribution in [3.8, 4) is 5.75 Å². The summed E-state index contributed by atoms with van der Waals surface area (Å²) in [6.45, 7) is 5.74. The molecule has 0 N–H and O–H groups in total. The third kappa shape index (κ3) is 6.16. The molecule has 0 atom stereocenters. The number of hydrogen-bond donors (Lipinski definition) is 0. The van der Waals surface area contributed by atoms with Crippen molar-refractivity contribution in [2.24, 2.45) is 11.8 Å². The van der Waals surface area contributed by atoms with E-state index in [0.717, 1.165) is 44.2 Å². The van der Waals surface area contributed by atoms with Crippen molar-refractivity contribution in [1.82, 2.24) is 4.90 Å². The van der Waals surface area contributed by atoms with Crippen LogP contribution in [0.1, 0.15) is 50.5 Å². The van der Waals surface area contributed by atoms with Crippen molar-refractivity contribution in [3.05, 3.63) is 48.7 Å². The minimum atomic E-state index is -0.295. The van der Waals surface area contributed by atoms with E-state index in [0.29, 0.717) is 5.92 Å². The molecule has 146 valence electrons. The monoisotopic (exact) mass is 369 g/mol. The van der Waals surface area contributed by atoms with Crippen molar-refractivity contribution < 1.29 is 14.3 Å². The van der Waals surface area contributed by atoms with Crippen molar-refractivity contribution >= 4 is 12.2 Å².